The van der Waals surface area contributed by atoms with E-state index in [4.69, 9.17) is 9.15 Å². The van der Waals surface area contributed by atoms with Crippen LogP contribution in [-0.2, 0) is 20.9 Å². The van der Waals surface area contributed by atoms with Crippen molar-refractivity contribution in [1.29, 1.82) is 0 Å². The lowest BCUT2D eigenvalue weighted by Gasteiger charge is -2.32. The Bertz CT molecular complexity index is 840. The van der Waals surface area contributed by atoms with Gasteiger partial charge in [-0.1, -0.05) is 0 Å². The van der Waals surface area contributed by atoms with Crippen molar-refractivity contribution in [3.63, 3.8) is 0 Å². The quantitative estimate of drug-likeness (QED) is 0.607. The second-order valence-corrected chi connectivity index (χ2v) is 7.08. The van der Waals surface area contributed by atoms with Crippen LogP contribution in [-0.4, -0.2) is 63.8 Å². The first kappa shape index (κ1) is 21.5. The van der Waals surface area contributed by atoms with Crippen molar-refractivity contribution in [2.24, 2.45) is 5.92 Å². The highest BCUT2D eigenvalue weighted by Gasteiger charge is 2.30. The minimum absolute atomic E-state index is 0.0969. The van der Waals surface area contributed by atoms with Crippen LogP contribution in [0, 0.1) is 5.92 Å². The largest absolute Gasteiger partial charge is 0.467 e. The normalized spacial score (nSPS) is 16.2. The van der Waals surface area contributed by atoms with Crippen molar-refractivity contribution >= 4 is 17.8 Å². The van der Waals surface area contributed by atoms with Crippen molar-refractivity contribution in [2.45, 2.75) is 32.7 Å². The van der Waals surface area contributed by atoms with Crippen LogP contribution >= 0.6 is 0 Å². The van der Waals surface area contributed by atoms with E-state index in [-0.39, 0.29) is 48.9 Å². The van der Waals surface area contributed by atoms with Gasteiger partial charge < -0.3 is 19.0 Å². The Labute approximate surface area is 175 Å². The van der Waals surface area contributed by atoms with E-state index in [9.17, 15) is 14.4 Å². The van der Waals surface area contributed by atoms with Gasteiger partial charge in [0.05, 0.1) is 31.5 Å². The Morgan fingerprint density at radius 2 is 2.20 bits per heavy atom. The Morgan fingerprint density at radius 1 is 1.33 bits per heavy atom. The number of hydrogen-bond donors (Lipinski definition) is 0. The van der Waals surface area contributed by atoms with E-state index in [1.807, 2.05) is 0 Å². The standard InChI is InChI=1S/C21H26N4O5/c1-2-29-21(28)16-5-3-10-24(14-16)19(26)7-11-25(15-17-6-4-12-30-17)20(27)18-13-22-8-9-23-18/h4,6,8-9,12-13,16H,2-3,5,7,10-11,14-15H2,1H3/t16-/m0/s1. The zero-order chi connectivity index (χ0) is 21.3. The molecule has 0 aromatic carbocycles. The van der Waals surface area contributed by atoms with Gasteiger partial charge in [-0.2, -0.15) is 0 Å². The lowest BCUT2D eigenvalue weighted by molar-refractivity contribution is -0.151. The molecule has 9 heteroatoms. The van der Waals surface area contributed by atoms with Crippen LogP contribution in [0.15, 0.2) is 41.4 Å². The molecule has 0 bridgehead atoms. The Balaban J connectivity index is 1.62. The van der Waals surface area contributed by atoms with Crippen LogP contribution in [0.5, 0.6) is 0 Å². The molecule has 1 atom stereocenters. The molecule has 3 heterocycles. The first-order valence-electron chi connectivity index (χ1n) is 10.1. The van der Waals surface area contributed by atoms with Gasteiger partial charge in [-0.25, -0.2) is 4.98 Å². The Hall–Kier alpha value is -3.23. The van der Waals surface area contributed by atoms with Gasteiger partial charge in [-0.05, 0) is 31.9 Å². The number of ether oxygens (including phenoxy) is 1. The van der Waals surface area contributed by atoms with Crippen molar-refractivity contribution < 1.29 is 23.5 Å². The minimum atomic E-state index is -0.324. The summed E-state index contributed by atoms with van der Waals surface area (Å²) in [5.74, 6) is -0.355. The lowest BCUT2D eigenvalue weighted by atomic mass is 9.98. The average Bonchev–Trinajstić information content (AvgIpc) is 3.30. The van der Waals surface area contributed by atoms with E-state index in [1.54, 1.807) is 24.0 Å². The predicted molar refractivity (Wildman–Crippen MR) is 106 cm³/mol. The smallest absolute Gasteiger partial charge is 0.310 e. The molecule has 1 aliphatic heterocycles. The number of esters is 1. The van der Waals surface area contributed by atoms with Gasteiger partial charge >= 0.3 is 5.97 Å². The third-order valence-corrected chi connectivity index (χ3v) is 4.99. The van der Waals surface area contributed by atoms with Crippen LogP contribution in [0.25, 0.3) is 0 Å². The maximum absolute atomic E-state index is 12.9. The zero-order valence-corrected chi connectivity index (χ0v) is 17.0. The van der Waals surface area contributed by atoms with Crippen LogP contribution in [0.4, 0.5) is 0 Å². The topological polar surface area (TPSA) is 106 Å². The second kappa shape index (κ2) is 10.5. The molecule has 3 rings (SSSR count). The van der Waals surface area contributed by atoms with Crippen molar-refractivity contribution in [1.82, 2.24) is 19.8 Å². The lowest BCUT2D eigenvalue weighted by Crippen LogP contribution is -2.44. The number of nitrogens with zero attached hydrogens (tertiary/aromatic N) is 4. The summed E-state index contributed by atoms with van der Waals surface area (Å²) >= 11 is 0. The van der Waals surface area contributed by atoms with E-state index < -0.39 is 0 Å². The maximum atomic E-state index is 12.9. The first-order valence-corrected chi connectivity index (χ1v) is 10.1. The van der Waals surface area contributed by atoms with Crippen LogP contribution < -0.4 is 0 Å². The summed E-state index contributed by atoms with van der Waals surface area (Å²) in [6.07, 6.45) is 7.49. The number of rotatable bonds is 8. The van der Waals surface area contributed by atoms with Crippen molar-refractivity contribution in [3.05, 3.63) is 48.4 Å². The third-order valence-electron chi connectivity index (χ3n) is 4.99. The molecule has 2 aromatic rings. The van der Waals surface area contributed by atoms with E-state index in [0.29, 0.717) is 25.5 Å². The Kier molecular flexibility index (Phi) is 7.53. The van der Waals surface area contributed by atoms with Gasteiger partial charge in [0, 0.05) is 38.4 Å². The van der Waals surface area contributed by atoms with Crippen molar-refractivity contribution in [2.75, 3.05) is 26.2 Å². The molecule has 0 spiro atoms. The monoisotopic (exact) mass is 414 g/mol. The fourth-order valence-corrected chi connectivity index (χ4v) is 3.46. The summed E-state index contributed by atoms with van der Waals surface area (Å²) < 4.78 is 10.5. The molecule has 9 nitrogen and oxygen atoms in total. The van der Waals surface area contributed by atoms with Gasteiger partial charge in [0.2, 0.25) is 5.91 Å². The van der Waals surface area contributed by atoms with E-state index in [1.165, 1.54) is 29.8 Å². The van der Waals surface area contributed by atoms with Gasteiger partial charge in [-0.3, -0.25) is 19.4 Å². The highest BCUT2D eigenvalue weighted by molar-refractivity contribution is 5.92. The number of amides is 2. The summed E-state index contributed by atoms with van der Waals surface area (Å²) in [4.78, 5) is 48.9. The van der Waals surface area contributed by atoms with Gasteiger partial charge in [-0.15, -0.1) is 0 Å². The zero-order valence-electron chi connectivity index (χ0n) is 17.0. The fraction of sp³-hybridized carbons (Fsp3) is 0.476. The van der Waals surface area contributed by atoms with E-state index in [0.717, 1.165) is 12.8 Å². The van der Waals surface area contributed by atoms with Crippen LogP contribution in [0.2, 0.25) is 0 Å². The van der Waals surface area contributed by atoms with E-state index in [2.05, 4.69) is 9.97 Å². The summed E-state index contributed by atoms with van der Waals surface area (Å²) in [7, 11) is 0. The summed E-state index contributed by atoms with van der Waals surface area (Å²) in [5.41, 5.74) is 0.205. The molecule has 1 saturated heterocycles. The maximum Gasteiger partial charge on any atom is 0.310 e. The second-order valence-electron chi connectivity index (χ2n) is 7.08. The average molecular weight is 414 g/mol. The molecule has 1 fully saturated rings. The summed E-state index contributed by atoms with van der Waals surface area (Å²) in [6, 6.07) is 3.52. The third kappa shape index (κ3) is 5.65. The highest BCUT2D eigenvalue weighted by atomic mass is 16.5. The highest BCUT2D eigenvalue weighted by Crippen LogP contribution is 2.19. The fourth-order valence-electron chi connectivity index (χ4n) is 3.46. The number of furan rings is 1. The molecule has 160 valence electrons. The molecule has 1 aliphatic rings. The molecular weight excluding hydrogens is 388 g/mol. The number of likely N-dealkylation sites (tertiary alicyclic amines) is 1. The SMILES string of the molecule is CCOC(=O)[C@H]1CCCN(C(=O)CCN(Cc2ccco2)C(=O)c2cnccn2)C1. The molecule has 2 aromatic heterocycles. The van der Waals surface area contributed by atoms with Gasteiger partial charge in [0.25, 0.3) is 5.91 Å². The van der Waals surface area contributed by atoms with Crippen LogP contribution in [0.1, 0.15) is 42.4 Å². The minimum Gasteiger partial charge on any atom is -0.467 e. The predicted octanol–water partition coefficient (Wildman–Crippen LogP) is 1.90. The Morgan fingerprint density at radius 3 is 2.90 bits per heavy atom. The first-order chi connectivity index (χ1) is 14.6. The van der Waals surface area contributed by atoms with E-state index >= 15 is 0 Å². The number of carbonyl (C=O) groups is 3. The molecule has 2 amide bonds. The van der Waals surface area contributed by atoms with Gasteiger partial charge in [0.1, 0.15) is 11.5 Å². The number of hydrogen-bond acceptors (Lipinski definition) is 7. The number of piperidine rings is 1. The van der Waals surface area contributed by atoms with Crippen molar-refractivity contribution in [3.8, 4) is 0 Å². The summed E-state index contributed by atoms with van der Waals surface area (Å²) in [5, 5.41) is 0. The van der Waals surface area contributed by atoms with Crippen LogP contribution in [0.3, 0.4) is 0 Å². The molecule has 0 unspecified atom stereocenters. The molecule has 0 saturated carbocycles. The molecule has 30 heavy (non-hydrogen) atoms. The molecule has 0 aliphatic carbocycles. The van der Waals surface area contributed by atoms with Gasteiger partial charge in [0.15, 0.2) is 0 Å². The number of aromatic nitrogens is 2. The number of carbonyl (C=O) groups excluding carboxylic acids is 3. The summed E-state index contributed by atoms with van der Waals surface area (Å²) in [6.45, 7) is 3.48. The molecule has 0 N–H and O–H groups in total. The molecule has 0 radical (unpaired) electrons. The molecular formula is C21H26N4O5.